The zero-order valence-electron chi connectivity index (χ0n) is 13.1. The van der Waals surface area contributed by atoms with E-state index in [0.717, 1.165) is 18.4 Å². The Hall–Kier alpha value is -2.41. The third-order valence-corrected chi connectivity index (χ3v) is 5.09. The van der Waals surface area contributed by atoms with Gasteiger partial charge < -0.3 is 9.73 Å². The lowest BCUT2D eigenvalue weighted by molar-refractivity contribution is 0.0904. The van der Waals surface area contributed by atoms with Crippen LogP contribution in [0.15, 0.2) is 51.6 Å². The summed E-state index contributed by atoms with van der Waals surface area (Å²) in [5.41, 5.74) is 2.08. The molecule has 0 atom stereocenters. The summed E-state index contributed by atoms with van der Waals surface area (Å²) in [7, 11) is 0. The summed E-state index contributed by atoms with van der Waals surface area (Å²) >= 11 is 3.21. The molecule has 1 aliphatic rings. The van der Waals surface area contributed by atoms with E-state index in [1.54, 1.807) is 36.6 Å². The number of aromatic amines is 1. The monoisotopic (exact) mass is 403 g/mol. The van der Waals surface area contributed by atoms with Crippen LogP contribution in [0.3, 0.4) is 0 Å². The summed E-state index contributed by atoms with van der Waals surface area (Å²) in [6.07, 6.45) is 3.23. The molecule has 0 saturated heterocycles. The predicted molar refractivity (Wildman–Crippen MR) is 93.6 cm³/mol. The number of H-pyrrole nitrogens is 1. The number of aromatic nitrogens is 2. The first-order valence-electron chi connectivity index (χ1n) is 7.95. The molecule has 0 aliphatic heterocycles. The molecule has 5 nitrogen and oxygen atoms in total. The molecule has 1 saturated carbocycles. The molecule has 0 bridgehead atoms. The van der Waals surface area contributed by atoms with Crippen molar-refractivity contribution in [1.29, 1.82) is 0 Å². The van der Waals surface area contributed by atoms with Gasteiger partial charge in [-0.05, 0) is 64.5 Å². The lowest BCUT2D eigenvalue weighted by Crippen LogP contribution is -2.43. The maximum atomic E-state index is 13.3. The number of benzene rings is 1. The van der Waals surface area contributed by atoms with Gasteiger partial charge in [0.15, 0.2) is 11.5 Å². The summed E-state index contributed by atoms with van der Waals surface area (Å²) in [4.78, 5) is 12.3. The van der Waals surface area contributed by atoms with Gasteiger partial charge >= 0.3 is 0 Å². The lowest BCUT2D eigenvalue weighted by atomic mass is 9.76. The topological polar surface area (TPSA) is 70.9 Å². The average molecular weight is 404 g/mol. The number of carbonyl (C=O) groups excluding carboxylic acids is 1. The predicted octanol–water partition coefficient (Wildman–Crippen LogP) is 4.25. The van der Waals surface area contributed by atoms with Crippen molar-refractivity contribution >= 4 is 21.8 Å². The van der Waals surface area contributed by atoms with Crippen LogP contribution in [0.25, 0.3) is 11.5 Å². The fraction of sp³-hybridized carbons (Fsp3) is 0.222. The van der Waals surface area contributed by atoms with Gasteiger partial charge in [0.05, 0.1) is 10.7 Å². The smallest absolute Gasteiger partial charge is 0.272 e. The number of nitrogens with zero attached hydrogens (tertiary/aromatic N) is 1. The van der Waals surface area contributed by atoms with E-state index in [0.29, 0.717) is 27.5 Å². The Morgan fingerprint density at radius 1 is 1.32 bits per heavy atom. The molecule has 1 amide bonds. The van der Waals surface area contributed by atoms with Crippen LogP contribution in [0.2, 0.25) is 0 Å². The van der Waals surface area contributed by atoms with E-state index in [1.807, 2.05) is 0 Å². The van der Waals surface area contributed by atoms with E-state index in [4.69, 9.17) is 4.42 Å². The Labute approximate surface area is 151 Å². The van der Waals surface area contributed by atoms with Crippen molar-refractivity contribution in [2.24, 2.45) is 0 Å². The second kappa shape index (κ2) is 6.48. The van der Waals surface area contributed by atoms with Gasteiger partial charge in [0.1, 0.15) is 11.5 Å². The fourth-order valence-corrected chi connectivity index (χ4v) is 3.43. The minimum atomic E-state index is -0.265. The SMILES string of the molecule is O=C(NC1CC(c2ccc(F)c(Br)c2)C1)c1cc(-c2ccco2)[nH]n1. The largest absolute Gasteiger partial charge is 0.463 e. The molecule has 0 unspecified atom stereocenters. The summed E-state index contributed by atoms with van der Waals surface area (Å²) in [6, 6.07) is 10.4. The van der Waals surface area contributed by atoms with E-state index < -0.39 is 0 Å². The number of halogens is 2. The average Bonchev–Trinajstić information content (AvgIpc) is 3.23. The second-order valence-corrected chi connectivity index (χ2v) is 7.01. The molecule has 0 radical (unpaired) electrons. The molecular formula is C18H15BrFN3O2. The van der Waals surface area contributed by atoms with Crippen molar-refractivity contribution in [3.63, 3.8) is 0 Å². The van der Waals surface area contributed by atoms with Crippen LogP contribution >= 0.6 is 15.9 Å². The van der Waals surface area contributed by atoms with Crippen LogP contribution in [-0.4, -0.2) is 22.1 Å². The number of hydrogen-bond donors (Lipinski definition) is 2. The highest BCUT2D eigenvalue weighted by Crippen LogP contribution is 2.38. The number of nitrogens with one attached hydrogen (secondary N) is 2. The summed E-state index contributed by atoms with van der Waals surface area (Å²) in [6.45, 7) is 0. The van der Waals surface area contributed by atoms with Crippen LogP contribution in [0.4, 0.5) is 4.39 Å². The fourth-order valence-electron chi connectivity index (χ4n) is 3.03. The van der Waals surface area contributed by atoms with E-state index in [-0.39, 0.29) is 17.8 Å². The molecule has 1 fully saturated rings. The minimum Gasteiger partial charge on any atom is -0.463 e. The van der Waals surface area contributed by atoms with Crippen LogP contribution in [-0.2, 0) is 0 Å². The Balaban J connectivity index is 1.35. The number of rotatable bonds is 4. The van der Waals surface area contributed by atoms with Gasteiger partial charge in [-0.15, -0.1) is 0 Å². The number of amides is 1. The van der Waals surface area contributed by atoms with Crippen LogP contribution in [0, 0.1) is 5.82 Å². The standard InChI is InChI=1S/C18H15BrFN3O2/c19-13-8-10(3-4-14(13)20)11-6-12(7-11)21-18(24)16-9-15(22-23-16)17-2-1-5-25-17/h1-5,8-9,11-12H,6-7H2,(H,21,24)(H,22,23). The third-order valence-electron chi connectivity index (χ3n) is 4.49. The van der Waals surface area contributed by atoms with Gasteiger partial charge in [-0.2, -0.15) is 5.10 Å². The van der Waals surface area contributed by atoms with Crippen LogP contribution < -0.4 is 5.32 Å². The zero-order valence-corrected chi connectivity index (χ0v) is 14.7. The molecule has 2 heterocycles. The summed E-state index contributed by atoms with van der Waals surface area (Å²) < 4.78 is 19.0. The van der Waals surface area contributed by atoms with Gasteiger partial charge in [-0.25, -0.2) is 4.39 Å². The first kappa shape index (κ1) is 16.1. The van der Waals surface area contributed by atoms with Crippen molar-refractivity contribution in [2.75, 3.05) is 0 Å². The first-order chi connectivity index (χ1) is 12.1. The molecular weight excluding hydrogens is 389 g/mol. The van der Waals surface area contributed by atoms with Crippen molar-refractivity contribution < 1.29 is 13.6 Å². The van der Waals surface area contributed by atoms with Gasteiger partial charge in [-0.3, -0.25) is 9.89 Å². The maximum absolute atomic E-state index is 13.3. The normalized spacial score (nSPS) is 19.4. The van der Waals surface area contributed by atoms with Crippen molar-refractivity contribution in [1.82, 2.24) is 15.5 Å². The van der Waals surface area contributed by atoms with Crippen molar-refractivity contribution in [2.45, 2.75) is 24.8 Å². The molecule has 3 aromatic rings. The highest BCUT2D eigenvalue weighted by atomic mass is 79.9. The Morgan fingerprint density at radius 2 is 2.16 bits per heavy atom. The molecule has 7 heteroatoms. The maximum Gasteiger partial charge on any atom is 0.272 e. The van der Waals surface area contributed by atoms with Crippen molar-refractivity contribution in [3.8, 4) is 11.5 Å². The zero-order chi connectivity index (χ0) is 17.4. The Morgan fingerprint density at radius 3 is 2.88 bits per heavy atom. The highest BCUT2D eigenvalue weighted by molar-refractivity contribution is 9.10. The second-order valence-electron chi connectivity index (χ2n) is 6.16. The Bertz CT molecular complexity index is 901. The van der Waals surface area contributed by atoms with E-state index in [2.05, 4.69) is 31.4 Å². The van der Waals surface area contributed by atoms with E-state index in [1.165, 1.54) is 6.07 Å². The number of furan rings is 1. The quantitative estimate of drug-likeness (QED) is 0.683. The molecule has 25 heavy (non-hydrogen) atoms. The molecule has 1 aromatic carbocycles. The van der Waals surface area contributed by atoms with Crippen LogP contribution in [0.5, 0.6) is 0 Å². The van der Waals surface area contributed by atoms with Crippen LogP contribution in [0.1, 0.15) is 34.8 Å². The molecule has 2 N–H and O–H groups in total. The number of hydrogen-bond acceptors (Lipinski definition) is 3. The first-order valence-corrected chi connectivity index (χ1v) is 8.74. The van der Waals surface area contributed by atoms with Gasteiger partial charge in [0.2, 0.25) is 0 Å². The molecule has 1 aliphatic carbocycles. The van der Waals surface area contributed by atoms with Crippen molar-refractivity contribution in [3.05, 3.63) is 64.2 Å². The highest BCUT2D eigenvalue weighted by Gasteiger charge is 2.32. The third kappa shape index (κ3) is 3.24. The van der Waals surface area contributed by atoms with Gasteiger partial charge in [0.25, 0.3) is 5.91 Å². The molecule has 128 valence electrons. The molecule has 0 spiro atoms. The lowest BCUT2D eigenvalue weighted by Gasteiger charge is -2.36. The molecule has 4 rings (SSSR count). The van der Waals surface area contributed by atoms with E-state index in [9.17, 15) is 9.18 Å². The van der Waals surface area contributed by atoms with Gasteiger partial charge in [0, 0.05) is 12.1 Å². The minimum absolute atomic E-state index is 0.102. The Kier molecular flexibility index (Phi) is 4.17. The summed E-state index contributed by atoms with van der Waals surface area (Å²) in [5.74, 6) is 0.494. The number of carbonyl (C=O) groups is 1. The summed E-state index contributed by atoms with van der Waals surface area (Å²) in [5, 5.41) is 9.82. The van der Waals surface area contributed by atoms with Gasteiger partial charge in [-0.1, -0.05) is 6.07 Å². The van der Waals surface area contributed by atoms with E-state index >= 15 is 0 Å². The molecule has 2 aromatic heterocycles.